The number of H-pyrrole nitrogens is 2. The van der Waals surface area contributed by atoms with E-state index in [0.717, 1.165) is 57.8 Å². The van der Waals surface area contributed by atoms with Crippen LogP contribution >= 0.6 is 0 Å². The summed E-state index contributed by atoms with van der Waals surface area (Å²) in [5.74, 6) is 0.0303. The van der Waals surface area contributed by atoms with Crippen molar-refractivity contribution in [3.63, 3.8) is 0 Å². The van der Waals surface area contributed by atoms with E-state index in [4.69, 9.17) is 10.8 Å². The molecule has 0 fully saturated rings. The van der Waals surface area contributed by atoms with Crippen molar-refractivity contribution in [3.8, 4) is 22.6 Å². The van der Waals surface area contributed by atoms with Gasteiger partial charge in [-0.2, -0.15) is 5.10 Å². The number of nitrogens with one attached hydrogen (secondary N) is 4. The van der Waals surface area contributed by atoms with Gasteiger partial charge >= 0.3 is 0 Å². The highest BCUT2D eigenvalue weighted by molar-refractivity contribution is 6.13. The van der Waals surface area contributed by atoms with Crippen LogP contribution in [-0.4, -0.2) is 43.4 Å². The fourth-order valence-corrected chi connectivity index (χ4v) is 4.34. The number of aromatic nitrogens is 4. The molecule has 2 aromatic carbocycles. The summed E-state index contributed by atoms with van der Waals surface area (Å²) >= 11 is 0. The van der Waals surface area contributed by atoms with E-state index >= 15 is 0 Å². The fraction of sp³-hybridized carbons (Fsp3) is 0.160. The van der Waals surface area contributed by atoms with E-state index < -0.39 is 0 Å². The second-order valence-corrected chi connectivity index (χ2v) is 8.09. The molecule has 0 atom stereocenters. The molecule has 9 heteroatoms. The molecule has 34 heavy (non-hydrogen) atoms. The second kappa shape index (κ2) is 8.51. The highest BCUT2D eigenvalue weighted by Crippen LogP contribution is 2.32. The molecule has 1 amide bonds. The van der Waals surface area contributed by atoms with Gasteiger partial charge in [0.25, 0.3) is 5.91 Å². The van der Waals surface area contributed by atoms with Crippen molar-refractivity contribution in [1.82, 2.24) is 25.1 Å². The number of nitrogens with zero attached hydrogens (tertiary/aromatic N) is 3. The quantitative estimate of drug-likeness (QED) is 0.254. The van der Waals surface area contributed by atoms with Crippen molar-refractivity contribution in [2.75, 3.05) is 0 Å². The number of carbonyl (C=O) groups is 1. The van der Waals surface area contributed by atoms with Crippen molar-refractivity contribution in [3.05, 3.63) is 70.8 Å². The molecule has 3 heterocycles. The van der Waals surface area contributed by atoms with Gasteiger partial charge in [0.05, 0.1) is 35.6 Å². The molecule has 1 aliphatic heterocycles. The predicted octanol–water partition coefficient (Wildman–Crippen LogP) is 4.39. The summed E-state index contributed by atoms with van der Waals surface area (Å²) in [5, 5.41) is 22.9. The number of imidazole rings is 1. The number of fused-ring (bicyclic) bond motifs is 2. The average Bonchev–Trinajstić information content (AvgIpc) is 3.54. The molecule has 0 spiro atoms. The van der Waals surface area contributed by atoms with Crippen LogP contribution in [0.2, 0.25) is 0 Å². The Morgan fingerprint density at radius 1 is 1.21 bits per heavy atom. The number of aryl methyl sites for hydroxylation is 1. The second-order valence-electron chi connectivity index (χ2n) is 8.09. The molecule has 0 radical (unpaired) electrons. The van der Waals surface area contributed by atoms with Gasteiger partial charge < -0.3 is 20.7 Å². The van der Waals surface area contributed by atoms with Crippen LogP contribution in [0.4, 0.5) is 4.39 Å². The normalized spacial score (nSPS) is 13.4. The van der Waals surface area contributed by atoms with Crippen molar-refractivity contribution in [2.45, 2.75) is 26.4 Å². The lowest BCUT2D eigenvalue weighted by Crippen LogP contribution is -2.27. The van der Waals surface area contributed by atoms with Gasteiger partial charge in [0.1, 0.15) is 11.5 Å². The smallest absolute Gasteiger partial charge is 0.256 e. The van der Waals surface area contributed by atoms with Crippen LogP contribution in [0.1, 0.15) is 23.9 Å². The monoisotopic (exact) mass is 455 g/mol. The first-order valence-corrected chi connectivity index (χ1v) is 10.9. The molecular weight excluding hydrogens is 433 g/mol. The summed E-state index contributed by atoms with van der Waals surface area (Å²) in [6.07, 6.45) is 4.06. The van der Waals surface area contributed by atoms with Gasteiger partial charge in [0.15, 0.2) is 5.82 Å². The number of halogens is 1. The topological polar surface area (TPSA) is 125 Å². The third-order valence-electron chi connectivity index (χ3n) is 6.06. The van der Waals surface area contributed by atoms with Crippen LogP contribution in [0.3, 0.4) is 0 Å². The minimum atomic E-state index is -0.312. The zero-order valence-corrected chi connectivity index (χ0v) is 18.4. The van der Waals surface area contributed by atoms with Gasteiger partial charge in [-0.3, -0.25) is 9.89 Å². The van der Waals surface area contributed by atoms with E-state index in [1.54, 1.807) is 11.0 Å². The number of allylic oxidation sites excluding steroid dienone is 1. The Hall–Kier alpha value is -4.40. The maximum absolute atomic E-state index is 13.9. The Morgan fingerprint density at radius 3 is 2.79 bits per heavy atom. The molecule has 2 aromatic heterocycles. The molecule has 4 N–H and O–H groups in total. The molecule has 5 rings (SSSR count). The molecule has 0 unspecified atom stereocenters. The Bertz CT molecular complexity index is 1460. The zero-order valence-electron chi connectivity index (χ0n) is 18.4. The molecule has 0 saturated heterocycles. The van der Waals surface area contributed by atoms with Gasteiger partial charge in [-0.1, -0.05) is 19.1 Å². The number of benzene rings is 2. The third kappa shape index (κ3) is 3.61. The fourth-order valence-electron chi connectivity index (χ4n) is 4.34. The van der Waals surface area contributed by atoms with Crippen molar-refractivity contribution in [2.24, 2.45) is 0 Å². The highest BCUT2D eigenvalue weighted by Gasteiger charge is 2.29. The first-order chi connectivity index (χ1) is 16.5. The number of rotatable bonds is 6. The summed E-state index contributed by atoms with van der Waals surface area (Å²) in [6.45, 7) is 2.71. The highest BCUT2D eigenvalue weighted by atomic mass is 19.1. The lowest BCUT2D eigenvalue weighted by Gasteiger charge is -2.15. The standard InChI is InChI=1S/C25H22FN7O/c1-2-14-3-5-17(26)10-19(14)15-4-6-18-20(9-15)31-32-23(18)24-29-21-12-33(13-22(21)30-24)25(34)16(11-28)7-8-27/h3-11,27-28H,2,12-13H2,1H3,(H,29,30)(H,31,32)/b16-7+,27-8?,28-11?. The summed E-state index contributed by atoms with van der Waals surface area (Å²) in [5.41, 5.74) is 6.07. The van der Waals surface area contributed by atoms with Gasteiger partial charge in [0.2, 0.25) is 0 Å². The molecule has 170 valence electrons. The molecule has 8 nitrogen and oxygen atoms in total. The minimum absolute atomic E-state index is 0.152. The van der Waals surface area contributed by atoms with Gasteiger partial charge in [-0.25, -0.2) is 9.37 Å². The predicted molar refractivity (Wildman–Crippen MR) is 128 cm³/mol. The van der Waals surface area contributed by atoms with Crippen LogP contribution < -0.4 is 0 Å². The number of hydrogen-bond donors (Lipinski definition) is 4. The summed E-state index contributed by atoms with van der Waals surface area (Å²) < 4.78 is 13.9. The lowest BCUT2D eigenvalue weighted by atomic mass is 9.97. The van der Waals surface area contributed by atoms with Crippen LogP contribution in [0.25, 0.3) is 33.5 Å². The molecule has 0 aliphatic carbocycles. The zero-order chi connectivity index (χ0) is 23.8. The Labute approximate surface area is 194 Å². The van der Waals surface area contributed by atoms with Crippen molar-refractivity contribution in [1.29, 1.82) is 10.8 Å². The first-order valence-electron chi connectivity index (χ1n) is 10.9. The SMILES string of the molecule is CCc1ccc(F)cc1-c1ccc2c(-c3nc4c([nH]3)CN(C(=O)/C(C=N)=C/C=N)C4)n[nH]c2c1. The summed E-state index contributed by atoms with van der Waals surface area (Å²) in [7, 11) is 0. The maximum atomic E-state index is 13.9. The van der Waals surface area contributed by atoms with E-state index in [0.29, 0.717) is 24.6 Å². The molecule has 0 saturated carbocycles. The van der Waals surface area contributed by atoms with E-state index in [2.05, 4.69) is 20.2 Å². The van der Waals surface area contributed by atoms with Gasteiger partial charge in [-0.05, 0) is 53.5 Å². The number of carbonyl (C=O) groups excluding carboxylic acids is 1. The van der Waals surface area contributed by atoms with E-state index in [1.807, 2.05) is 31.2 Å². The summed E-state index contributed by atoms with van der Waals surface area (Å²) in [4.78, 5) is 22.1. The van der Waals surface area contributed by atoms with Crippen LogP contribution in [0, 0.1) is 16.6 Å². The minimum Gasteiger partial charge on any atom is -0.339 e. The van der Waals surface area contributed by atoms with Crippen LogP contribution in [0.15, 0.2) is 48.0 Å². The first kappa shape index (κ1) is 21.4. The Balaban J connectivity index is 1.43. The van der Waals surface area contributed by atoms with E-state index in [-0.39, 0.29) is 17.3 Å². The molecule has 0 bridgehead atoms. The molecule has 4 aromatic rings. The number of amides is 1. The number of hydrogen-bond acceptors (Lipinski definition) is 5. The van der Waals surface area contributed by atoms with Gasteiger partial charge in [-0.15, -0.1) is 0 Å². The lowest BCUT2D eigenvalue weighted by molar-refractivity contribution is -0.127. The summed E-state index contributed by atoms with van der Waals surface area (Å²) in [6, 6.07) is 10.7. The number of aromatic amines is 2. The van der Waals surface area contributed by atoms with E-state index in [9.17, 15) is 9.18 Å². The largest absolute Gasteiger partial charge is 0.339 e. The average molecular weight is 455 g/mol. The van der Waals surface area contributed by atoms with Crippen LogP contribution in [0.5, 0.6) is 0 Å². The third-order valence-corrected chi connectivity index (χ3v) is 6.06. The Morgan fingerprint density at radius 2 is 2.06 bits per heavy atom. The molecular formula is C25H22FN7O. The maximum Gasteiger partial charge on any atom is 0.256 e. The van der Waals surface area contributed by atoms with Crippen molar-refractivity contribution < 1.29 is 9.18 Å². The van der Waals surface area contributed by atoms with Crippen LogP contribution in [-0.2, 0) is 24.3 Å². The van der Waals surface area contributed by atoms with E-state index in [1.165, 1.54) is 12.1 Å². The Kier molecular flexibility index (Phi) is 5.37. The van der Waals surface area contributed by atoms with Crippen molar-refractivity contribution >= 4 is 29.2 Å². The van der Waals surface area contributed by atoms with Gasteiger partial charge in [0, 0.05) is 17.8 Å². The molecule has 1 aliphatic rings.